The third-order valence-electron chi connectivity index (χ3n) is 0.917. The smallest absolute Gasteiger partial charge is 0.407 e. The maximum absolute atomic E-state index is 10.5. The predicted molar refractivity (Wildman–Crippen MR) is 37.2 cm³/mol. The summed E-state index contributed by atoms with van der Waals surface area (Å²) in [5.74, 6) is -1.21. The van der Waals surface area contributed by atoms with Crippen LogP contribution in [0.4, 0.5) is 4.79 Å². The van der Waals surface area contributed by atoms with Gasteiger partial charge in [0, 0.05) is 6.54 Å². The Hall–Kier alpha value is -1.30. The molecule has 0 bridgehead atoms. The van der Waals surface area contributed by atoms with Gasteiger partial charge in [-0.2, -0.15) is 0 Å². The molecule has 0 rings (SSSR count). The lowest BCUT2D eigenvalue weighted by Crippen LogP contribution is -2.27. The highest BCUT2D eigenvalue weighted by molar-refractivity contribution is 5.73. The molecule has 0 saturated carbocycles. The number of carboxylic acids is 1. The average Bonchev–Trinajstić information content (AvgIpc) is 2.01. The van der Waals surface area contributed by atoms with Crippen LogP contribution in [0.5, 0.6) is 0 Å². The fraction of sp³-hybridized carbons (Fsp3) is 0.667. The van der Waals surface area contributed by atoms with Crippen molar-refractivity contribution in [2.75, 3.05) is 19.8 Å². The molecular weight excluding hydrogens is 166 g/mol. The third-order valence-corrected chi connectivity index (χ3v) is 0.917. The summed E-state index contributed by atoms with van der Waals surface area (Å²) in [7, 11) is 0. The predicted octanol–water partition coefficient (Wildman–Crippen LogP) is -0.382. The van der Waals surface area contributed by atoms with Gasteiger partial charge in [0.1, 0.15) is 0 Å². The first kappa shape index (κ1) is 10.7. The Morgan fingerprint density at radius 1 is 1.42 bits per heavy atom. The topological polar surface area (TPSA) is 95.5 Å². The van der Waals surface area contributed by atoms with E-state index in [1.54, 1.807) is 0 Å². The summed E-state index contributed by atoms with van der Waals surface area (Å²) in [6.07, 6.45) is -0.506. The highest BCUT2D eigenvalue weighted by atomic mass is 16.6. The quantitative estimate of drug-likeness (QED) is 0.558. The maximum Gasteiger partial charge on any atom is 0.407 e. The summed E-state index contributed by atoms with van der Waals surface area (Å²) in [5, 5.41) is 20.2. The Morgan fingerprint density at radius 2 is 2.08 bits per heavy atom. The van der Waals surface area contributed by atoms with Crippen LogP contribution in [0.25, 0.3) is 0 Å². The van der Waals surface area contributed by atoms with E-state index in [-0.39, 0.29) is 13.2 Å². The monoisotopic (exact) mass is 176 g/mol. The average molecular weight is 176 g/mol. The van der Waals surface area contributed by atoms with Crippen LogP contribution >= 0.6 is 0 Å². The van der Waals surface area contributed by atoms with E-state index in [4.69, 9.17) is 5.11 Å². The van der Waals surface area contributed by atoms with Gasteiger partial charge in [-0.15, -0.1) is 0 Å². The van der Waals surface area contributed by atoms with E-state index in [0.717, 1.165) is 0 Å². The van der Waals surface area contributed by atoms with Gasteiger partial charge in [-0.1, -0.05) is 0 Å². The van der Waals surface area contributed by atoms with E-state index in [2.05, 4.69) is 10.1 Å². The molecule has 12 heavy (non-hydrogen) atoms. The van der Waals surface area contributed by atoms with Crippen LogP contribution in [0, 0.1) is 0 Å². The van der Waals surface area contributed by atoms with Gasteiger partial charge in [0.05, 0.1) is 6.61 Å². The standard InChI is InChI=1S/C6H10NO5/c8-3-1-2-7-6(11)12-4-5(9)10/h1-4H2,(H,7,11)(H,9,10). The van der Waals surface area contributed by atoms with Crippen molar-refractivity contribution >= 4 is 12.1 Å². The normalized spacial score (nSPS) is 9.08. The zero-order valence-corrected chi connectivity index (χ0v) is 6.41. The number of hydrogen-bond donors (Lipinski definition) is 2. The summed E-state index contributed by atoms with van der Waals surface area (Å²) < 4.78 is 4.20. The van der Waals surface area contributed by atoms with Crippen LogP contribution in [0.2, 0.25) is 0 Å². The van der Waals surface area contributed by atoms with Crippen molar-refractivity contribution in [3.05, 3.63) is 0 Å². The SMILES string of the molecule is [O]CCCNC(=O)OCC(=O)O. The number of alkyl carbamates (subject to hydrolysis) is 1. The van der Waals surface area contributed by atoms with Gasteiger partial charge in [0.15, 0.2) is 6.61 Å². The molecule has 69 valence electrons. The van der Waals surface area contributed by atoms with Crippen molar-refractivity contribution in [1.29, 1.82) is 0 Å². The lowest BCUT2D eigenvalue weighted by Gasteiger charge is -2.02. The summed E-state index contributed by atoms with van der Waals surface area (Å²) in [4.78, 5) is 20.4. The maximum atomic E-state index is 10.5. The second-order valence-electron chi connectivity index (χ2n) is 1.95. The molecule has 0 aliphatic rings. The molecule has 1 radical (unpaired) electrons. The van der Waals surface area contributed by atoms with Gasteiger partial charge in [0.25, 0.3) is 0 Å². The number of ether oxygens (including phenoxy) is 1. The zero-order valence-electron chi connectivity index (χ0n) is 6.41. The second kappa shape index (κ2) is 6.41. The van der Waals surface area contributed by atoms with Crippen molar-refractivity contribution in [2.24, 2.45) is 0 Å². The van der Waals surface area contributed by atoms with Gasteiger partial charge >= 0.3 is 12.1 Å². The van der Waals surface area contributed by atoms with Crippen LogP contribution in [0.15, 0.2) is 0 Å². The molecule has 0 aromatic rings. The first-order chi connectivity index (χ1) is 5.66. The van der Waals surface area contributed by atoms with Crippen LogP contribution in [0.1, 0.15) is 6.42 Å². The van der Waals surface area contributed by atoms with E-state index >= 15 is 0 Å². The minimum Gasteiger partial charge on any atom is -0.479 e. The minimum atomic E-state index is -1.21. The second-order valence-corrected chi connectivity index (χ2v) is 1.95. The van der Waals surface area contributed by atoms with Gasteiger partial charge in [-0.05, 0) is 6.42 Å². The highest BCUT2D eigenvalue weighted by Crippen LogP contribution is 1.79. The Bertz CT molecular complexity index is 158. The van der Waals surface area contributed by atoms with E-state index in [1.807, 2.05) is 0 Å². The highest BCUT2D eigenvalue weighted by Gasteiger charge is 2.03. The molecule has 0 saturated heterocycles. The van der Waals surface area contributed by atoms with Gasteiger partial charge in [-0.3, -0.25) is 0 Å². The number of rotatable bonds is 5. The molecule has 0 aromatic heterocycles. The molecule has 6 nitrogen and oxygen atoms in total. The fourth-order valence-electron chi connectivity index (χ4n) is 0.441. The Morgan fingerprint density at radius 3 is 2.58 bits per heavy atom. The van der Waals surface area contributed by atoms with E-state index in [9.17, 15) is 14.7 Å². The van der Waals surface area contributed by atoms with Crippen molar-refractivity contribution < 1.29 is 24.5 Å². The van der Waals surface area contributed by atoms with Gasteiger partial charge < -0.3 is 15.2 Å². The summed E-state index contributed by atoms with van der Waals surface area (Å²) >= 11 is 0. The third kappa shape index (κ3) is 6.81. The summed E-state index contributed by atoms with van der Waals surface area (Å²) in [5.41, 5.74) is 0. The first-order valence-electron chi connectivity index (χ1n) is 3.37. The van der Waals surface area contributed by atoms with Crippen molar-refractivity contribution in [1.82, 2.24) is 5.32 Å². The molecule has 0 atom stereocenters. The molecule has 0 aromatic carbocycles. The van der Waals surface area contributed by atoms with Crippen LogP contribution in [-0.2, 0) is 14.6 Å². The summed E-state index contributed by atoms with van der Waals surface area (Å²) in [6, 6.07) is 0. The molecule has 0 fully saturated rings. The molecule has 2 N–H and O–H groups in total. The molecular formula is C6H10NO5. The number of carbonyl (C=O) groups is 2. The molecule has 0 heterocycles. The van der Waals surface area contributed by atoms with Crippen molar-refractivity contribution in [3.63, 3.8) is 0 Å². The van der Waals surface area contributed by atoms with E-state index < -0.39 is 18.7 Å². The molecule has 1 amide bonds. The molecule has 6 heteroatoms. The van der Waals surface area contributed by atoms with E-state index in [1.165, 1.54) is 0 Å². The number of nitrogens with one attached hydrogen (secondary N) is 1. The minimum absolute atomic E-state index is 0.210. The van der Waals surface area contributed by atoms with E-state index in [0.29, 0.717) is 6.42 Å². The largest absolute Gasteiger partial charge is 0.479 e. The number of hydrogen-bond acceptors (Lipinski definition) is 3. The van der Waals surface area contributed by atoms with Gasteiger partial charge in [-0.25, -0.2) is 14.7 Å². The van der Waals surface area contributed by atoms with Crippen LogP contribution in [-0.4, -0.2) is 36.9 Å². The molecule has 0 aliphatic heterocycles. The Labute approximate surface area is 69.1 Å². The summed E-state index contributed by atoms with van der Waals surface area (Å²) in [6.45, 7) is -0.732. The van der Waals surface area contributed by atoms with Crippen LogP contribution in [0.3, 0.4) is 0 Å². The van der Waals surface area contributed by atoms with Crippen molar-refractivity contribution in [2.45, 2.75) is 6.42 Å². The Kier molecular flexibility index (Phi) is 5.72. The van der Waals surface area contributed by atoms with Crippen LogP contribution < -0.4 is 5.32 Å². The zero-order chi connectivity index (χ0) is 9.40. The fourth-order valence-corrected chi connectivity index (χ4v) is 0.441. The lowest BCUT2D eigenvalue weighted by atomic mass is 10.5. The molecule has 0 aliphatic carbocycles. The molecule has 0 spiro atoms. The number of carbonyl (C=O) groups excluding carboxylic acids is 1. The lowest BCUT2D eigenvalue weighted by molar-refractivity contribution is -0.140. The van der Waals surface area contributed by atoms with Gasteiger partial charge in [0.2, 0.25) is 0 Å². The number of amides is 1. The van der Waals surface area contributed by atoms with Crippen molar-refractivity contribution in [3.8, 4) is 0 Å². The molecule has 0 unspecified atom stereocenters. The number of aliphatic carboxylic acids is 1. The number of carboxylic acid groups (broad SMARTS) is 1. The first-order valence-corrected chi connectivity index (χ1v) is 3.37. The Balaban J connectivity index is 3.28.